The molecule has 1 amide bonds. The fourth-order valence-corrected chi connectivity index (χ4v) is 4.09. The van der Waals surface area contributed by atoms with E-state index in [-0.39, 0.29) is 11.7 Å². The lowest BCUT2D eigenvalue weighted by Crippen LogP contribution is -2.14. The number of benzene rings is 2. The van der Waals surface area contributed by atoms with Crippen LogP contribution in [0.2, 0.25) is 0 Å². The largest absolute Gasteiger partial charge is 0.325 e. The average molecular weight is 432 g/mol. The van der Waals surface area contributed by atoms with Gasteiger partial charge in [0.25, 0.3) is 0 Å². The van der Waals surface area contributed by atoms with Gasteiger partial charge in [0.05, 0.1) is 23.9 Å². The Balaban J connectivity index is 1.38. The highest BCUT2D eigenvalue weighted by molar-refractivity contribution is 8.00. The number of unbranched alkanes of at least 4 members (excludes halogenated alkanes) is 1. The van der Waals surface area contributed by atoms with E-state index >= 15 is 0 Å². The molecular weight excluding hydrogens is 406 g/mol. The number of amides is 1. The number of aryl methyl sites for hydroxylation is 1. The summed E-state index contributed by atoms with van der Waals surface area (Å²) in [6.45, 7) is 2.83. The molecule has 6 nitrogen and oxygen atoms in total. The van der Waals surface area contributed by atoms with Crippen molar-refractivity contribution in [1.29, 1.82) is 0 Å². The molecule has 7 heteroatoms. The fourth-order valence-electron chi connectivity index (χ4n) is 3.33. The van der Waals surface area contributed by atoms with Crippen molar-refractivity contribution in [2.75, 3.05) is 11.1 Å². The van der Waals surface area contributed by atoms with E-state index in [1.807, 2.05) is 35.0 Å². The number of nitrogens with one attached hydrogen (secondary N) is 1. The summed E-state index contributed by atoms with van der Waals surface area (Å²) in [7, 11) is 0. The van der Waals surface area contributed by atoms with Gasteiger partial charge >= 0.3 is 0 Å². The van der Waals surface area contributed by atoms with Crippen LogP contribution in [0.5, 0.6) is 0 Å². The van der Waals surface area contributed by atoms with E-state index in [0.717, 1.165) is 33.7 Å². The molecule has 0 radical (unpaired) electrons. The van der Waals surface area contributed by atoms with Crippen molar-refractivity contribution in [2.45, 2.75) is 37.8 Å². The second kappa shape index (κ2) is 10.2. The maximum atomic E-state index is 12.4. The monoisotopic (exact) mass is 431 g/mol. The molecule has 158 valence electrons. The van der Waals surface area contributed by atoms with Gasteiger partial charge in [-0.25, -0.2) is 14.6 Å². The highest BCUT2D eigenvalue weighted by Crippen LogP contribution is 2.25. The van der Waals surface area contributed by atoms with Crippen molar-refractivity contribution in [1.82, 2.24) is 19.7 Å². The SMILES string of the molecule is CCCCc1ccc(NC(=O)CSc2ncnc3c2cnn3Cc2ccccc2)cc1. The summed E-state index contributed by atoms with van der Waals surface area (Å²) < 4.78 is 1.86. The van der Waals surface area contributed by atoms with Gasteiger partial charge in [0.15, 0.2) is 5.65 Å². The molecule has 31 heavy (non-hydrogen) atoms. The minimum absolute atomic E-state index is 0.0604. The van der Waals surface area contributed by atoms with E-state index in [1.54, 1.807) is 6.20 Å². The minimum Gasteiger partial charge on any atom is -0.325 e. The van der Waals surface area contributed by atoms with E-state index < -0.39 is 0 Å². The van der Waals surface area contributed by atoms with Crippen LogP contribution in [0.1, 0.15) is 30.9 Å². The number of carbonyl (C=O) groups excluding carboxylic acids is 1. The Hall–Kier alpha value is -3.19. The third-order valence-electron chi connectivity index (χ3n) is 4.97. The van der Waals surface area contributed by atoms with Crippen LogP contribution in [0.3, 0.4) is 0 Å². The summed E-state index contributed by atoms with van der Waals surface area (Å²) in [6.07, 6.45) is 6.73. The van der Waals surface area contributed by atoms with Crippen LogP contribution in [-0.4, -0.2) is 31.4 Å². The molecule has 1 N–H and O–H groups in total. The number of hydrogen-bond acceptors (Lipinski definition) is 5. The zero-order chi connectivity index (χ0) is 21.5. The van der Waals surface area contributed by atoms with Gasteiger partial charge in [-0.3, -0.25) is 4.79 Å². The van der Waals surface area contributed by atoms with Gasteiger partial charge in [0.2, 0.25) is 5.91 Å². The Morgan fingerprint density at radius 1 is 1.03 bits per heavy atom. The van der Waals surface area contributed by atoms with E-state index in [1.165, 1.54) is 36.5 Å². The topological polar surface area (TPSA) is 72.7 Å². The predicted molar refractivity (Wildman–Crippen MR) is 125 cm³/mol. The van der Waals surface area contributed by atoms with Crippen LogP contribution in [0, 0.1) is 0 Å². The lowest BCUT2D eigenvalue weighted by Gasteiger charge is -2.07. The number of rotatable bonds is 9. The smallest absolute Gasteiger partial charge is 0.234 e. The predicted octanol–water partition coefficient (Wildman–Crippen LogP) is 4.95. The molecule has 0 aliphatic heterocycles. The van der Waals surface area contributed by atoms with Crippen LogP contribution >= 0.6 is 11.8 Å². The first-order valence-electron chi connectivity index (χ1n) is 10.4. The molecule has 2 aromatic heterocycles. The van der Waals surface area contributed by atoms with Crippen molar-refractivity contribution in [3.05, 3.63) is 78.2 Å². The Morgan fingerprint density at radius 3 is 2.61 bits per heavy atom. The Bertz CT molecular complexity index is 1140. The average Bonchev–Trinajstić information content (AvgIpc) is 3.21. The number of fused-ring (bicyclic) bond motifs is 1. The normalized spacial score (nSPS) is 11.0. The first kappa shape index (κ1) is 21.1. The summed E-state index contributed by atoms with van der Waals surface area (Å²) in [5.74, 6) is 0.211. The molecule has 0 fully saturated rings. The Labute approximate surface area is 186 Å². The quantitative estimate of drug-likeness (QED) is 0.300. The zero-order valence-electron chi connectivity index (χ0n) is 17.5. The molecule has 0 unspecified atom stereocenters. The molecule has 2 heterocycles. The van der Waals surface area contributed by atoms with Crippen LogP contribution in [-0.2, 0) is 17.8 Å². The zero-order valence-corrected chi connectivity index (χ0v) is 18.3. The van der Waals surface area contributed by atoms with E-state index in [2.05, 4.69) is 51.6 Å². The second-order valence-corrected chi connectivity index (χ2v) is 8.31. The molecule has 2 aromatic carbocycles. The third-order valence-corrected chi connectivity index (χ3v) is 5.97. The number of carbonyl (C=O) groups is 1. The second-order valence-electron chi connectivity index (χ2n) is 7.34. The lowest BCUT2D eigenvalue weighted by molar-refractivity contribution is -0.113. The molecular formula is C24H25N5OS. The molecule has 0 bridgehead atoms. The van der Waals surface area contributed by atoms with Gasteiger partial charge in [0, 0.05) is 5.69 Å². The summed E-state index contributed by atoms with van der Waals surface area (Å²) in [5, 5.41) is 9.05. The summed E-state index contributed by atoms with van der Waals surface area (Å²) >= 11 is 1.39. The van der Waals surface area contributed by atoms with E-state index in [9.17, 15) is 4.79 Å². The van der Waals surface area contributed by atoms with Gasteiger partial charge in [-0.05, 0) is 36.1 Å². The standard InChI is InChI=1S/C24H25N5OS/c1-2-3-7-18-10-12-20(13-11-18)28-22(30)16-31-24-21-14-27-29(23(21)25-17-26-24)15-19-8-5-4-6-9-19/h4-6,8-14,17H,2-3,7,15-16H2,1H3,(H,28,30). The van der Waals surface area contributed by atoms with Gasteiger partial charge in [0.1, 0.15) is 11.4 Å². The minimum atomic E-state index is -0.0604. The van der Waals surface area contributed by atoms with Gasteiger partial charge in [-0.2, -0.15) is 5.10 Å². The number of nitrogens with zero attached hydrogens (tertiary/aromatic N) is 4. The molecule has 0 atom stereocenters. The first-order valence-corrected chi connectivity index (χ1v) is 11.4. The van der Waals surface area contributed by atoms with E-state index in [4.69, 9.17) is 0 Å². The fraction of sp³-hybridized carbons (Fsp3) is 0.250. The number of hydrogen-bond donors (Lipinski definition) is 1. The van der Waals surface area contributed by atoms with Crippen LogP contribution in [0.15, 0.2) is 72.1 Å². The third kappa shape index (κ3) is 5.49. The van der Waals surface area contributed by atoms with Gasteiger partial charge < -0.3 is 5.32 Å². The van der Waals surface area contributed by atoms with Gasteiger partial charge in [-0.15, -0.1) is 0 Å². The van der Waals surface area contributed by atoms with Crippen LogP contribution in [0.4, 0.5) is 5.69 Å². The molecule has 0 saturated carbocycles. The number of aromatic nitrogens is 4. The van der Waals surface area contributed by atoms with Crippen molar-refractivity contribution in [2.24, 2.45) is 0 Å². The van der Waals surface area contributed by atoms with Crippen LogP contribution < -0.4 is 5.32 Å². The maximum absolute atomic E-state index is 12.4. The molecule has 0 aliphatic rings. The Kier molecular flexibility index (Phi) is 6.94. The van der Waals surface area contributed by atoms with Crippen molar-refractivity contribution >= 4 is 34.4 Å². The summed E-state index contributed by atoms with van der Waals surface area (Å²) in [6, 6.07) is 18.2. The van der Waals surface area contributed by atoms with Crippen molar-refractivity contribution in [3.8, 4) is 0 Å². The Morgan fingerprint density at radius 2 is 1.84 bits per heavy atom. The summed E-state index contributed by atoms with van der Waals surface area (Å²) in [4.78, 5) is 21.2. The van der Waals surface area contributed by atoms with Crippen molar-refractivity contribution in [3.63, 3.8) is 0 Å². The van der Waals surface area contributed by atoms with Gasteiger partial charge in [-0.1, -0.05) is 67.6 Å². The highest BCUT2D eigenvalue weighted by atomic mass is 32.2. The molecule has 4 rings (SSSR count). The van der Waals surface area contributed by atoms with E-state index in [0.29, 0.717) is 6.54 Å². The van der Waals surface area contributed by atoms with Crippen LogP contribution in [0.25, 0.3) is 11.0 Å². The molecule has 0 saturated heterocycles. The first-order chi connectivity index (χ1) is 15.2. The molecule has 0 aliphatic carbocycles. The highest BCUT2D eigenvalue weighted by Gasteiger charge is 2.12. The summed E-state index contributed by atoms with van der Waals surface area (Å²) in [5.41, 5.74) is 4.03. The number of thioether (sulfide) groups is 1. The number of anilines is 1. The van der Waals surface area contributed by atoms with Crippen molar-refractivity contribution < 1.29 is 4.79 Å². The molecule has 4 aromatic rings. The maximum Gasteiger partial charge on any atom is 0.234 e. The lowest BCUT2D eigenvalue weighted by atomic mass is 10.1. The molecule has 0 spiro atoms.